The number of amides is 1. The zero-order valence-electron chi connectivity index (χ0n) is 21.7. The number of carbonyl (C=O) groups is 1. The summed E-state index contributed by atoms with van der Waals surface area (Å²) in [6.07, 6.45) is 5.98. The van der Waals surface area contributed by atoms with Crippen LogP contribution in [0.15, 0.2) is 59.8 Å². The van der Waals surface area contributed by atoms with Crippen molar-refractivity contribution in [1.29, 1.82) is 0 Å². The summed E-state index contributed by atoms with van der Waals surface area (Å²) in [5, 5.41) is 3.73. The van der Waals surface area contributed by atoms with Crippen LogP contribution in [0.2, 0.25) is 0 Å². The monoisotopic (exact) mass is 557 g/mol. The normalized spacial score (nSPS) is 17.9. The molecule has 2 aliphatic heterocycles. The van der Waals surface area contributed by atoms with Crippen molar-refractivity contribution in [3.8, 4) is 5.75 Å². The molecule has 10 nitrogen and oxygen atoms in total. The Morgan fingerprint density at radius 2 is 1.95 bits per heavy atom. The van der Waals surface area contributed by atoms with Gasteiger partial charge in [-0.3, -0.25) is 14.8 Å². The molecule has 3 aromatic heterocycles. The Hall–Kier alpha value is -4.09. The molecule has 1 amide bonds. The van der Waals surface area contributed by atoms with Crippen LogP contribution in [0.25, 0.3) is 10.9 Å². The topological polar surface area (TPSA) is 124 Å². The summed E-state index contributed by atoms with van der Waals surface area (Å²) < 4.78 is 36.5. The van der Waals surface area contributed by atoms with Crippen LogP contribution in [-0.4, -0.2) is 54.8 Å². The van der Waals surface area contributed by atoms with Crippen LogP contribution in [0.3, 0.4) is 0 Å². The third kappa shape index (κ3) is 4.75. The highest BCUT2D eigenvalue weighted by Gasteiger charge is 2.28. The van der Waals surface area contributed by atoms with E-state index in [1.54, 1.807) is 18.3 Å². The van der Waals surface area contributed by atoms with Crippen molar-refractivity contribution in [2.45, 2.75) is 36.8 Å². The first kappa shape index (κ1) is 24.9. The van der Waals surface area contributed by atoms with E-state index in [0.717, 1.165) is 33.9 Å². The van der Waals surface area contributed by atoms with Gasteiger partial charge in [-0.15, -0.1) is 0 Å². The van der Waals surface area contributed by atoms with E-state index in [4.69, 9.17) is 14.5 Å². The number of hydrogen-bond donors (Lipinski definition) is 1. The molecule has 11 heteroatoms. The number of rotatable bonds is 5. The van der Waals surface area contributed by atoms with E-state index >= 15 is 0 Å². The molecule has 0 spiro atoms. The van der Waals surface area contributed by atoms with Crippen LogP contribution in [0, 0.1) is 0 Å². The van der Waals surface area contributed by atoms with E-state index in [1.807, 2.05) is 24.4 Å². The molecule has 1 aliphatic carbocycles. The van der Waals surface area contributed by atoms with Crippen molar-refractivity contribution in [2.75, 3.05) is 30.4 Å². The summed E-state index contributed by atoms with van der Waals surface area (Å²) in [5.41, 5.74) is 4.22. The van der Waals surface area contributed by atoms with Gasteiger partial charge in [0.05, 0.1) is 54.4 Å². The summed E-state index contributed by atoms with van der Waals surface area (Å²) in [6.45, 7) is 1.73. The van der Waals surface area contributed by atoms with Gasteiger partial charge in [0, 0.05) is 34.8 Å². The van der Waals surface area contributed by atoms with Gasteiger partial charge in [-0.2, -0.15) is 0 Å². The maximum Gasteiger partial charge on any atom is 0.251 e. The summed E-state index contributed by atoms with van der Waals surface area (Å²) >= 11 is 0. The third-order valence-electron chi connectivity index (χ3n) is 7.47. The van der Waals surface area contributed by atoms with Crippen LogP contribution in [0.1, 0.15) is 46.1 Å². The van der Waals surface area contributed by atoms with Crippen molar-refractivity contribution in [2.24, 2.45) is 0 Å². The van der Waals surface area contributed by atoms with E-state index in [1.165, 1.54) is 18.9 Å². The first-order valence-electron chi connectivity index (χ1n) is 13.3. The second-order valence-corrected chi connectivity index (χ2v) is 12.3. The number of sulfone groups is 1. The molecular formula is C29H27N5O5S. The van der Waals surface area contributed by atoms with E-state index in [2.05, 4.69) is 26.3 Å². The Kier molecular flexibility index (Phi) is 6.12. The highest BCUT2D eigenvalue weighted by molar-refractivity contribution is 7.91. The molecule has 3 aliphatic rings. The molecular weight excluding hydrogens is 530 g/mol. The summed E-state index contributed by atoms with van der Waals surface area (Å²) in [4.78, 5) is 29.2. The Bertz CT molecular complexity index is 1760. The summed E-state index contributed by atoms with van der Waals surface area (Å²) in [6, 6.07) is 12.5. The van der Waals surface area contributed by atoms with Gasteiger partial charge in [0.15, 0.2) is 9.84 Å². The van der Waals surface area contributed by atoms with E-state index in [0.29, 0.717) is 30.3 Å². The number of hydrogen-bond acceptors (Lipinski definition) is 9. The minimum Gasteiger partial charge on any atom is -0.489 e. The number of nitrogens with zero attached hydrogens (tertiary/aromatic N) is 4. The number of aromatic nitrogens is 3. The van der Waals surface area contributed by atoms with Gasteiger partial charge in [0.1, 0.15) is 23.9 Å². The number of nitrogens with one attached hydrogen (secondary N) is 1. The van der Waals surface area contributed by atoms with Crippen LogP contribution in [0.4, 0.5) is 11.5 Å². The lowest BCUT2D eigenvalue weighted by molar-refractivity contribution is 0.0950. The molecule has 7 rings (SSSR count). The molecule has 4 aromatic rings. The number of benzene rings is 1. The fraction of sp³-hybridized carbons (Fsp3) is 0.310. The van der Waals surface area contributed by atoms with Crippen molar-refractivity contribution in [3.63, 3.8) is 0 Å². The zero-order valence-corrected chi connectivity index (χ0v) is 22.5. The maximum absolute atomic E-state index is 12.9. The lowest BCUT2D eigenvalue weighted by Gasteiger charge is -2.30. The fourth-order valence-corrected chi connectivity index (χ4v) is 6.49. The molecule has 0 unspecified atom stereocenters. The Balaban J connectivity index is 1.10. The van der Waals surface area contributed by atoms with Crippen LogP contribution in [-0.2, 0) is 27.7 Å². The van der Waals surface area contributed by atoms with E-state index in [-0.39, 0.29) is 41.9 Å². The minimum atomic E-state index is -3.50. The largest absolute Gasteiger partial charge is 0.489 e. The van der Waals surface area contributed by atoms with Crippen LogP contribution < -0.4 is 15.0 Å². The first-order valence-corrected chi connectivity index (χ1v) is 15.0. The van der Waals surface area contributed by atoms with Gasteiger partial charge in [-0.25, -0.2) is 13.4 Å². The van der Waals surface area contributed by atoms with Crippen LogP contribution >= 0.6 is 0 Å². The maximum atomic E-state index is 12.9. The molecule has 40 heavy (non-hydrogen) atoms. The molecule has 1 N–H and O–H groups in total. The summed E-state index contributed by atoms with van der Waals surface area (Å²) in [7, 11) is -3.50. The summed E-state index contributed by atoms with van der Waals surface area (Å²) in [5.74, 6) is 1.69. The highest BCUT2D eigenvalue weighted by atomic mass is 32.2. The molecule has 0 saturated heterocycles. The Morgan fingerprint density at radius 3 is 2.83 bits per heavy atom. The first-order chi connectivity index (χ1) is 19.4. The lowest BCUT2D eigenvalue weighted by atomic mass is 10.1. The SMILES string of the molecule is O=C(NCc1cc2nc(N3CCOc4cc(C5CC5)ncc43)ccc2cn1)c1ccc2c(c1)S(=O)(=O)CCOC2. The molecule has 0 bridgehead atoms. The number of pyridine rings is 3. The molecule has 1 saturated carbocycles. The predicted molar refractivity (Wildman–Crippen MR) is 148 cm³/mol. The number of carbonyl (C=O) groups excluding carboxylic acids is 1. The van der Waals surface area contributed by atoms with Crippen molar-refractivity contribution in [3.05, 3.63) is 77.4 Å². The van der Waals surface area contributed by atoms with Crippen molar-refractivity contribution >= 4 is 38.2 Å². The molecule has 204 valence electrons. The van der Waals surface area contributed by atoms with Gasteiger partial charge in [0.25, 0.3) is 5.91 Å². The number of anilines is 2. The molecule has 1 fully saturated rings. The molecule has 5 heterocycles. The number of fused-ring (bicyclic) bond motifs is 3. The van der Waals surface area contributed by atoms with Crippen molar-refractivity contribution < 1.29 is 22.7 Å². The van der Waals surface area contributed by atoms with Gasteiger partial charge < -0.3 is 19.7 Å². The third-order valence-corrected chi connectivity index (χ3v) is 9.22. The average Bonchev–Trinajstić information content (AvgIpc) is 3.84. The van der Waals surface area contributed by atoms with E-state index in [9.17, 15) is 13.2 Å². The van der Waals surface area contributed by atoms with Gasteiger partial charge in [-0.05, 0) is 48.7 Å². The predicted octanol–water partition coefficient (Wildman–Crippen LogP) is 3.67. The highest BCUT2D eigenvalue weighted by Crippen LogP contribution is 2.43. The zero-order chi connectivity index (χ0) is 27.3. The van der Waals surface area contributed by atoms with Gasteiger partial charge in [-0.1, -0.05) is 6.07 Å². The molecule has 1 aromatic carbocycles. The number of ether oxygens (including phenoxy) is 2. The fourth-order valence-electron chi connectivity index (χ4n) is 5.10. The standard InChI is InChI=1S/C29H27N5O5S/c35-29(19-3-4-21-17-38-9-10-40(36,37)27(21)11-19)32-15-22-12-24-20(14-30-22)5-6-28(33-24)34-7-8-39-26-13-23(18-1-2-18)31-16-25(26)34/h3-6,11-14,16,18H,1-2,7-10,15,17H2,(H,32,35). The second-order valence-electron chi connectivity index (χ2n) is 10.3. The molecule has 0 radical (unpaired) electrons. The smallest absolute Gasteiger partial charge is 0.251 e. The lowest BCUT2D eigenvalue weighted by Crippen LogP contribution is -2.29. The van der Waals surface area contributed by atoms with Crippen molar-refractivity contribution in [1.82, 2.24) is 20.3 Å². The van der Waals surface area contributed by atoms with E-state index < -0.39 is 9.84 Å². The minimum absolute atomic E-state index is 0.102. The van der Waals surface area contributed by atoms with Gasteiger partial charge >= 0.3 is 0 Å². The quantitative estimate of drug-likeness (QED) is 0.391. The Morgan fingerprint density at radius 1 is 1.05 bits per heavy atom. The van der Waals surface area contributed by atoms with Gasteiger partial charge in [0.2, 0.25) is 0 Å². The Labute approximate surface area is 231 Å². The molecule has 0 atom stereocenters. The average molecular weight is 558 g/mol. The van der Waals surface area contributed by atoms with Crippen LogP contribution in [0.5, 0.6) is 5.75 Å². The second kappa shape index (κ2) is 9.83.